The average Bonchev–Trinajstić information content (AvgIpc) is 2.26. The fraction of sp³-hybridized carbons (Fsp3) is 0.917. The van der Waals surface area contributed by atoms with Crippen molar-refractivity contribution in [2.24, 2.45) is 5.41 Å². The van der Waals surface area contributed by atoms with Gasteiger partial charge in [-0.05, 0) is 24.7 Å². The van der Waals surface area contributed by atoms with E-state index in [4.69, 9.17) is 4.74 Å². The molecule has 0 saturated heterocycles. The summed E-state index contributed by atoms with van der Waals surface area (Å²) in [6.45, 7) is 0. The van der Waals surface area contributed by atoms with Crippen LogP contribution in [0.3, 0.4) is 0 Å². The Morgan fingerprint density at radius 3 is 2.33 bits per heavy atom. The van der Waals surface area contributed by atoms with Gasteiger partial charge < -0.3 is 9.84 Å². The first-order chi connectivity index (χ1) is 7.10. The molecule has 1 atom stereocenters. The lowest BCUT2D eigenvalue weighted by Crippen LogP contribution is -2.49. The van der Waals surface area contributed by atoms with Crippen LogP contribution in [0, 0.1) is 5.41 Å². The minimum Gasteiger partial charge on any atom is -0.360 e. The van der Waals surface area contributed by atoms with Crippen molar-refractivity contribution in [1.29, 1.82) is 0 Å². The molecule has 2 rings (SSSR count). The Labute approximate surface area is 90.8 Å². The number of ether oxygens (including phenoxy) is 1. The van der Waals surface area contributed by atoms with Crippen LogP contribution in [-0.2, 0) is 9.53 Å². The SMILES string of the molecule is COC1(O)CCC2(CCCCC2)CC1=O. The van der Waals surface area contributed by atoms with Crippen molar-refractivity contribution in [2.75, 3.05) is 7.11 Å². The van der Waals surface area contributed by atoms with Gasteiger partial charge in [-0.3, -0.25) is 4.79 Å². The van der Waals surface area contributed by atoms with Gasteiger partial charge in [0.1, 0.15) is 0 Å². The van der Waals surface area contributed by atoms with Gasteiger partial charge in [-0.2, -0.15) is 0 Å². The quantitative estimate of drug-likeness (QED) is 0.676. The Hall–Kier alpha value is -0.410. The highest BCUT2D eigenvalue weighted by Gasteiger charge is 2.48. The number of aliphatic hydroxyl groups is 1. The number of hydrogen-bond acceptors (Lipinski definition) is 3. The largest absolute Gasteiger partial charge is 0.360 e. The number of carbonyl (C=O) groups excluding carboxylic acids is 1. The molecule has 0 heterocycles. The summed E-state index contributed by atoms with van der Waals surface area (Å²) >= 11 is 0. The molecule has 86 valence electrons. The van der Waals surface area contributed by atoms with Crippen LogP contribution in [0.15, 0.2) is 0 Å². The molecule has 0 amide bonds. The molecule has 2 aliphatic rings. The Bertz CT molecular complexity index is 256. The van der Waals surface area contributed by atoms with Crippen molar-refractivity contribution in [3.63, 3.8) is 0 Å². The van der Waals surface area contributed by atoms with Crippen LogP contribution in [0.1, 0.15) is 51.4 Å². The maximum Gasteiger partial charge on any atom is 0.226 e. The van der Waals surface area contributed by atoms with Crippen molar-refractivity contribution in [3.8, 4) is 0 Å². The van der Waals surface area contributed by atoms with Gasteiger partial charge in [0.25, 0.3) is 0 Å². The molecule has 3 heteroatoms. The fourth-order valence-corrected chi connectivity index (χ4v) is 3.09. The second kappa shape index (κ2) is 3.87. The van der Waals surface area contributed by atoms with Crippen LogP contribution in [0.25, 0.3) is 0 Å². The molecule has 15 heavy (non-hydrogen) atoms. The molecule has 1 unspecified atom stereocenters. The Balaban J connectivity index is 2.07. The molecular weight excluding hydrogens is 192 g/mol. The lowest BCUT2D eigenvalue weighted by Gasteiger charge is -2.44. The third-order valence-corrected chi connectivity index (χ3v) is 4.22. The van der Waals surface area contributed by atoms with E-state index in [2.05, 4.69) is 0 Å². The lowest BCUT2D eigenvalue weighted by molar-refractivity contribution is -0.211. The molecule has 0 aliphatic heterocycles. The zero-order valence-corrected chi connectivity index (χ0v) is 9.42. The number of Topliss-reactive ketones (excluding diaryl/α,β-unsaturated/α-hetero) is 1. The van der Waals surface area contributed by atoms with Crippen LogP contribution in [0.5, 0.6) is 0 Å². The van der Waals surface area contributed by atoms with Crippen molar-refractivity contribution < 1.29 is 14.6 Å². The molecule has 2 saturated carbocycles. The molecule has 2 fully saturated rings. The van der Waals surface area contributed by atoms with Gasteiger partial charge in [-0.15, -0.1) is 0 Å². The van der Waals surface area contributed by atoms with Gasteiger partial charge >= 0.3 is 0 Å². The van der Waals surface area contributed by atoms with Gasteiger partial charge in [-0.25, -0.2) is 0 Å². The topological polar surface area (TPSA) is 46.5 Å². The fourth-order valence-electron chi connectivity index (χ4n) is 3.09. The van der Waals surface area contributed by atoms with Gasteiger partial charge in [0.15, 0.2) is 5.78 Å². The first kappa shape index (κ1) is 11.1. The van der Waals surface area contributed by atoms with E-state index < -0.39 is 5.79 Å². The van der Waals surface area contributed by atoms with E-state index in [1.807, 2.05) is 0 Å². The Morgan fingerprint density at radius 2 is 1.80 bits per heavy atom. The monoisotopic (exact) mass is 212 g/mol. The second-order valence-electron chi connectivity index (χ2n) is 5.15. The molecule has 1 spiro atoms. The standard InChI is InChI=1S/C12H20O3/c1-15-12(14)8-7-11(9-10(12)13)5-3-2-4-6-11/h14H,2-9H2,1H3. The average molecular weight is 212 g/mol. The molecule has 0 radical (unpaired) electrons. The van der Waals surface area contributed by atoms with Gasteiger partial charge in [0, 0.05) is 20.0 Å². The summed E-state index contributed by atoms with van der Waals surface area (Å²) in [5.41, 5.74) is 0.195. The van der Waals surface area contributed by atoms with E-state index in [1.165, 1.54) is 26.4 Å². The number of carbonyl (C=O) groups is 1. The zero-order chi connectivity index (χ0) is 10.9. The third kappa shape index (κ3) is 1.95. The molecule has 0 bridgehead atoms. The Kier molecular flexibility index (Phi) is 2.86. The number of methoxy groups -OCH3 is 1. The second-order valence-corrected chi connectivity index (χ2v) is 5.15. The summed E-state index contributed by atoms with van der Waals surface area (Å²) in [5, 5.41) is 9.89. The molecular formula is C12H20O3. The van der Waals surface area contributed by atoms with Crippen molar-refractivity contribution in [3.05, 3.63) is 0 Å². The minimum atomic E-state index is -1.48. The van der Waals surface area contributed by atoms with E-state index >= 15 is 0 Å². The van der Waals surface area contributed by atoms with Crippen molar-refractivity contribution >= 4 is 5.78 Å². The number of ketones is 1. The van der Waals surface area contributed by atoms with E-state index in [1.54, 1.807) is 0 Å². The van der Waals surface area contributed by atoms with Crippen molar-refractivity contribution in [1.82, 2.24) is 0 Å². The zero-order valence-electron chi connectivity index (χ0n) is 9.42. The summed E-state index contributed by atoms with van der Waals surface area (Å²) in [6, 6.07) is 0. The number of rotatable bonds is 1. The summed E-state index contributed by atoms with van der Waals surface area (Å²) in [5.74, 6) is -1.60. The lowest BCUT2D eigenvalue weighted by atomic mass is 9.64. The summed E-state index contributed by atoms with van der Waals surface area (Å²) in [7, 11) is 1.41. The minimum absolute atomic E-state index is 0.113. The molecule has 0 aromatic heterocycles. The molecule has 2 aliphatic carbocycles. The predicted octanol–water partition coefficient (Wildman–Crippen LogP) is 2.02. The number of hydrogen-bond donors (Lipinski definition) is 1. The van der Waals surface area contributed by atoms with E-state index in [0.717, 1.165) is 19.3 Å². The molecule has 0 aromatic carbocycles. The molecule has 1 N–H and O–H groups in total. The van der Waals surface area contributed by atoms with Gasteiger partial charge in [0.2, 0.25) is 5.79 Å². The van der Waals surface area contributed by atoms with E-state index in [-0.39, 0.29) is 11.2 Å². The highest BCUT2D eigenvalue weighted by atomic mass is 16.6. The van der Waals surface area contributed by atoms with Crippen LogP contribution < -0.4 is 0 Å². The van der Waals surface area contributed by atoms with Crippen LogP contribution in [0.4, 0.5) is 0 Å². The maximum atomic E-state index is 11.8. The Morgan fingerprint density at radius 1 is 1.13 bits per heavy atom. The summed E-state index contributed by atoms with van der Waals surface area (Å²) in [4.78, 5) is 11.8. The van der Waals surface area contributed by atoms with Gasteiger partial charge in [0.05, 0.1) is 0 Å². The predicted molar refractivity (Wildman–Crippen MR) is 56.3 cm³/mol. The molecule has 3 nitrogen and oxygen atoms in total. The highest BCUT2D eigenvalue weighted by molar-refractivity contribution is 5.87. The van der Waals surface area contributed by atoms with Crippen LogP contribution in [0.2, 0.25) is 0 Å². The first-order valence-electron chi connectivity index (χ1n) is 5.91. The summed E-state index contributed by atoms with van der Waals surface area (Å²) in [6.07, 6.45) is 7.99. The normalized spacial score (nSPS) is 35.7. The van der Waals surface area contributed by atoms with Crippen LogP contribution in [-0.4, -0.2) is 23.8 Å². The summed E-state index contributed by atoms with van der Waals surface area (Å²) < 4.78 is 4.93. The first-order valence-corrected chi connectivity index (χ1v) is 5.91. The third-order valence-electron chi connectivity index (χ3n) is 4.22. The molecule has 0 aromatic rings. The smallest absolute Gasteiger partial charge is 0.226 e. The van der Waals surface area contributed by atoms with Crippen molar-refractivity contribution in [2.45, 2.75) is 57.2 Å². The van der Waals surface area contributed by atoms with Crippen LogP contribution >= 0.6 is 0 Å². The maximum absolute atomic E-state index is 11.8. The van der Waals surface area contributed by atoms with Gasteiger partial charge in [-0.1, -0.05) is 19.3 Å². The van der Waals surface area contributed by atoms with E-state index in [9.17, 15) is 9.90 Å². The van der Waals surface area contributed by atoms with E-state index in [0.29, 0.717) is 12.8 Å². The highest BCUT2D eigenvalue weighted by Crippen LogP contribution is 2.48.